The lowest BCUT2D eigenvalue weighted by Gasteiger charge is -2.29. The number of hydrogen-bond acceptors (Lipinski definition) is 3. The van der Waals surface area contributed by atoms with E-state index in [0.29, 0.717) is 0 Å². The Hall–Kier alpha value is -0.120. The fourth-order valence-electron chi connectivity index (χ4n) is 3.19. The van der Waals surface area contributed by atoms with E-state index in [9.17, 15) is 5.11 Å². The maximum atomic E-state index is 10.2. The topological polar surface area (TPSA) is 35.5 Å². The fraction of sp³-hybridized carbons (Fsp3) is 1.00. The zero-order chi connectivity index (χ0) is 12.1. The Bertz CT molecular complexity index is 218. The largest absolute Gasteiger partial charge is 0.389 e. The van der Waals surface area contributed by atoms with Crippen molar-refractivity contribution in [3.8, 4) is 0 Å². The molecule has 2 rings (SSSR count). The first-order valence-corrected chi connectivity index (χ1v) is 7.30. The van der Waals surface area contributed by atoms with Crippen molar-refractivity contribution in [3.05, 3.63) is 0 Å². The number of likely N-dealkylation sites (tertiary alicyclic amines) is 1. The maximum absolute atomic E-state index is 10.2. The number of nitrogens with zero attached hydrogens (tertiary/aromatic N) is 1. The third kappa shape index (κ3) is 4.23. The molecule has 0 aromatic carbocycles. The van der Waals surface area contributed by atoms with Crippen LogP contribution in [-0.4, -0.2) is 48.8 Å². The van der Waals surface area contributed by atoms with Crippen molar-refractivity contribution in [2.75, 3.05) is 33.2 Å². The van der Waals surface area contributed by atoms with Crippen LogP contribution in [0.5, 0.6) is 0 Å². The van der Waals surface area contributed by atoms with Gasteiger partial charge in [-0.2, -0.15) is 0 Å². The highest BCUT2D eigenvalue weighted by Crippen LogP contribution is 2.28. The van der Waals surface area contributed by atoms with E-state index in [1.165, 1.54) is 45.2 Å². The highest BCUT2D eigenvalue weighted by atomic mass is 16.3. The van der Waals surface area contributed by atoms with Gasteiger partial charge in [-0.05, 0) is 64.7 Å². The van der Waals surface area contributed by atoms with E-state index in [0.717, 1.165) is 31.8 Å². The van der Waals surface area contributed by atoms with Crippen molar-refractivity contribution < 1.29 is 5.11 Å². The summed E-state index contributed by atoms with van der Waals surface area (Å²) in [5.74, 6) is 0.900. The molecular weight excluding hydrogens is 212 g/mol. The third-order valence-corrected chi connectivity index (χ3v) is 4.56. The molecule has 0 spiro atoms. The van der Waals surface area contributed by atoms with Gasteiger partial charge >= 0.3 is 0 Å². The summed E-state index contributed by atoms with van der Waals surface area (Å²) in [7, 11) is 2.21. The smallest absolute Gasteiger partial charge is 0.0771 e. The predicted octanol–water partition coefficient (Wildman–Crippen LogP) is 1.61. The molecule has 0 aromatic heterocycles. The second-order valence-corrected chi connectivity index (χ2v) is 6.14. The fourth-order valence-corrected chi connectivity index (χ4v) is 3.19. The SMILES string of the molecule is CN1CCC(CCNCC2(O)CCCC2)CC1. The van der Waals surface area contributed by atoms with Crippen LogP contribution < -0.4 is 5.32 Å². The number of rotatable bonds is 5. The molecule has 0 radical (unpaired) electrons. The van der Waals surface area contributed by atoms with Crippen LogP contribution in [0.25, 0.3) is 0 Å². The van der Waals surface area contributed by atoms with Gasteiger partial charge in [-0.15, -0.1) is 0 Å². The summed E-state index contributed by atoms with van der Waals surface area (Å²) in [6.45, 7) is 4.40. The molecule has 17 heavy (non-hydrogen) atoms. The Kier molecular flexibility index (Phi) is 4.83. The first-order valence-electron chi connectivity index (χ1n) is 7.30. The summed E-state index contributed by atoms with van der Waals surface area (Å²) < 4.78 is 0. The van der Waals surface area contributed by atoms with E-state index in [1.54, 1.807) is 0 Å². The van der Waals surface area contributed by atoms with Crippen LogP contribution in [-0.2, 0) is 0 Å². The molecule has 0 unspecified atom stereocenters. The van der Waals surface area contributed by atoms with Gasteiger partial charge in [0.05, 0.1) is 5.60 Å². The lowest BCUT2D eigenvalue weighted by atomic mass is 9.93. The summed E-state index contributed by atoms with van der Waals surface area (Å²) in [6, 6.07) is 0. The molecule has 2 N–H and O–H groups in total. The highest BCUT2D eigenvalue weighted by molar-refractivity contribution is 4.86. The highest BCUT2D eigenvalue weighted by Gasteiger charge is 2.30. The zero-order valence-corrected chi connectivity index (χ0v) is 11.2. The van der Waals surface area contributed by atoms with Gasteiger partial charge in [-0.3, -0.25) is 0 Å². The first-order chi connectivity index (χ1) is 8.18. The Labute approximate surface area is 106 Å². The van der Waals surface area contributed by atoms with Crippen LogP contribution in [0.3, 0.4) is 0 Å². The van der Waals surface area contributed by atoms with E-state index in [-0.39, 0.29) is 5.60 Å². The molecule has 1 heterocycles. The van der Waals surface area contributed by atoms with Crippen molar-refractivity contribution in [3.63, 3.8) is 0 Å². The quantitative estimate of drug-likeness (QED) is 0.717. The summed E-state index contributed by atoms with van der Waals surface area (Å²) in [5, 5.41) is 13.7. The van der Waals surface area contributed by atoms with Crippen molar-refractivity contribution in [2.24, 2.45) is 5.92 Å². The summed E-state index contributed by atoms with van der Waals surface area (Å²) in [4.78, 5) is 2.42. The molecule has 0 amide bonds. The summed E-state index contributed by atoms with van der Waals surface area (Å²) >= 11 is 0. The summed E-state index contributed by atoms with van der Waals surface area (Å²) in [5.41, 5.74) is -0.382. The number of aliphatic hydroxyl groups is 1. The van der Waals surface area contributed by atoms with Crippen LogP contribution in [0.15, 0.2) is 0 Å². The molecule has 2 aliphatic rings. The van der Waals surface area contributed by atoms with Gasteiger partial charge in [0.2, 0.25) is 0 Å². The van der Waals surface area contributed by atoms with Gasteiger partial charge in [0, 0.05) is 6.54 Å². The van der Waals surface area contributed by atoms with E-state index < -0.39 is 0 Å². The second-order valence-electron chi connectivity index (χ2n) is 6.14. The van der Waals surface area contributed by atoms with Gasteiger partial charge in [0.15, 0.2) is 0 Å². The summed E-state index contributed by atoms with van der Waals surface area (Å²) in [6.07, 6.45) is 8.37. The lowest BCUT2D eigenvalue weighted by molar-refractivity contribution is 0.0473. The number of hydrogen-bond donors (Lipinski definition) is 2. The van der Waals surface area contributed by atoms with Crippen LogP contribution in [0.1, 0.15) is 44.9 Å². The maximum Gasteiger partial charge on any atom is 0.0771 e. The predicted molar refractivity (Wildman–Crippen MR) is 71.1 cm³/mol. The molecule has 100 valence electrons. The monoisotopic (exact) mass is 240 g/mol. The molecular formula is C14H28N2O. The molecule has 3 heteroatoms. The van der Waals surface area contributed by atoms with Gasteiger partial charge in [0.25, 0.3) is 0 Å². The molecule has 1 aliphatic heterocycles. The zero-order valence-electron chi connectivity index (χ0n) is 11.2. The average molecular weight is 240 g/mol. The third-order valence-electron chi connectivity index (χ3n) is 4.56. The Morgan fingerprint density at radius 3 is 2.53 bits per heavy atom. The molecule has 0 atom stereocenters. The number of nitrogens with one attached hydrogen (secondary N) is 1. The minimum absolute atomic E-state index is 0.382. The van der Waals surface area contributed by atoms with E-state index in [2.05, 4.69) is 17.3 Å². The standard InChI is InChI=1S/C14H28N2O/c1-16-10-5-13(6-11-16)4-9-15-12-14(17)7-2-3-8-14/h13,15,17H,2-12H2,1H3. The lowest BCUT2D eigenvalue weighted by Crippen LogP contribution is -2.39. The van der Waals surface area contributed by atoms with Crippen LogP contribution in [0.4, 0.5) is 0 Å². The van der Waals surface area contributed by atoms with Crippen molar-refractivity contribution in [1.29, 1.82) is 0 Å². The molecule has 0 aromatic rings. The van der Waals surface area contributed by atoms with Crippen molar-refractivity contribution in [2.45, 2.75) is 50.5 Å². The van der Waals surface area contributed by atoms with Gasteiger partial charge < -0.3 is 15.3 Å². The minimum atomic E-state index is -0.382. The van der Waals surface area contributed by atoms with Crippen molar-refractivity contribution >= 4 is 0 Å². The molecule has 1 aliphatic carbocycles. The Balaban J connectivity index is 1.54. The average Bonchev–Trinajstić information content (AvgIpc) is 2.74. The molecule has 2 fully saturated rings. The first kappa shape index (κ1) is 13.3. The van der Waals surface area contributed by atoms with E-state index >= 15 is 0 Å². The van der Waals surface area contributed by atoms with E-state index in [1.807, 2.05) is 0 Å². The van der Waals surface area contributed by atoms with Crippen LogP contribution in [0.2, 0.25) is 0 Å². The normalized spacial score (nSPS) is 26.5. The Morgan fingerprint density at radius 1 is 1.24 bits per heavy atom. The molecule has 3 nitrogen and oxygen atoms in total. The van der Waals surface area contributed by atoms with Gasteiger partial charge in [-0.25, -0.2) is 0 Å². The van der Waals surface area contributed by atoms with Crippen LogP contribution >= 0.6 is 0 Å². The molecule has 1 saturated heterocycles. The molecule has 1 saturated carbocycles. The van der Waals surface area contributed by atoms with Crippen LogP contribution in [0, 0.1) is 5.92 Å². The number of piperidine rings is 1. The van der Waals surface area contributed by atoms with Gasteiger partial charge in [-0.1, -0.05) is 12.8 Å². The van der Waals surface area contributed by atoms with Crippen molar-refractivity contribution in [1.82, 2.24) is 10.2 Å². The Morgan fingerprint density at radius 2 is 1.88 bits per heavy atom. The second kappa shape index (κ2) is 6.17. The minimum Gasteiger partial charge on any atom is -0.389 e. The van der Waals surface area contributed by atoms with Gasteiger partial charge in [0.1, 0.15) is 0 Å². The van der Waals surface area contributed by atoms with E-state index in [4.69, 9.17) is 0 Å². The molecule has 0 bridgehead atoms.